The van der Waals surface area contributed by atoms with Crippen molar-refractivity contribution in [1.82, 2.24) is 0 Å². The number of methoxy groups -OCH3 is 1. The van der Waals surface area contributed by atoms with Crippen LogP contribution in [0.2, 0.25) is 0 Å². The zero-order valence-corrected chi connectivity index (χ0v) is 21.2. The van der Waals surface area contributed by atoms with Crippen LogP contribution < -0.4 is 0 Å². The van der Waals surface area contributed by atoms with Crippen LogP contribution in [0, 0.1) is 46.3 Å². The fourth-order valence-corrected chi connectivity index (χ4v) is 9.08. The average Bonchev–Trinajstić information content (AvgIpc) is 3.11. The van der Waals surface area contributed by atoms with Gasteiger partial charge in [0.1, 0.15) is 12.2 Å². The Bertz CT molecular complexity index is 793. The third-order valence-electron chi connectivity index (χ3n) is 10.6. The van der Waals surface area contributed by atoms with E-state index in [1.807, 2.05) is 6.92 Å². The molecular formula is C27H42O6. The third-order valence-corrected chi connectivity index (χ3v) is 10.6. The molecule has 0 aromatic heterocycles. The fourth-order valence-electron chi connectivity index (χ4n) is 9.08. The zero-order chi connectivity index (χ0) is 24.1. The maximum Gasteiger partial charge on any atom is 0.308 e. The van der Waals surface area contributed by atoms with Crippen molar-refractivity contribution in [2.24, 2.45) is 46.3 Å². The normalized spacial score (nSPS) is 45.1. The summed E-state index contributed by atoms with van der Waals surface area (Å²) in [6.45, 7) is 9.71. The largest absolute Gasteiger partial charge is 0.469 e. The minimum absolute atomic E-state index is 0.0343. The van der Waals surface area contributed by atoms with Gasteiger partial charge in [-0.3, -0.25) is 14.4 Å². The minimum atomic E-state index is -0.231. The topological polar surface area (TPSA) is 78.9 Å². The quantitative estimate of drug-likeness (QED) is 0.435. The molecule has 0 N–H and O–H groups in total. The van der Waals surface area contributed by atoms with Crippen LogP contribution in [0.15, 0.2) is 0 Å². The zero-order valence-electron chi connectivity index (χ0n) is 21.2. The van der Waals surface area contributed by atoms with E-state index in [0.717, 1.165) is 44.9 Å². The molecule has 186 valence electrons. The van der Waals surface area contributed by atoms with Gasteiger partial charge in [0, 0.05) is 19.3 Å². The van der Waals surface area contributed by atoms with Gasteiger partial charge in [-0.2, -0.15) is 0 Å². The summed E-state index contributed by atoms with van der Waals surface area (Å²) in [6, 6.07) is 0. The first-order chi connectivity index (χ1) is 15.5. The predicted molar refractivity (Wildman–Crippen MR) is 123 cm³/mol. The van der Waals surface area contributed by atoms with Crippen LogP contribution in [0.3, 0.4) is 0 Å². The first-order valence-corrected chi connectivity index (χ1v) is 12.9. The van der Waals surface area contributed by atoms with Crippen LogP contribution in [0.5, 0.6) is 0 Å². The number of fused-ring (bicyclic) bond motifs is 5. The summed E-state index contributed by atoms with van der Waals surface area (Å²) >= 11 is 0. The van der Waals surface area contributed by atoms with Gasteiger partial charge in [-0.1, -0.05) is 20.8 Å². The van der Waals surface area contributed by atoms with E-state index in [1.54, 1.807) is 0 Å². The molecule has 0 spiro atoms. The number of hydrogen-bond acceptors (Lipinski definition) is 6. The highest BCUT2D eigenvalue weighted by atomic mass is 16.5. The van der Waals surface area contributed by atoms with E-state index in [1.165, 1.54) is 27.4 Å². The van der Waals surface area contributed by atoms with Gasteiger partial charge < -0.3 is 14.2 Å². The number of ether oxygens (including phenoxy) is 3. The average molecular weight is 463 g/mol. The summed E-state index contributed by atoms with van der Waals surface area (Å²) in [7, 11) is 1.46. The summed E-state index contributed by atoms with van der Waals surface area (Å²) in [4.78, 5) is 36.3. The molecule has 0 aromatic rings. The van der Waals surface area contributed by atoms with Gasteiger partial charge in [0.05, 0.1) is 13.0 Å². The van der Waals surface area contributed by atoms with E-state index < -0.39 is 0 Å². The van der Waals surface area contributed by atoms with Crippen LogP contribution in [-0.4, -0.2) is 37.2 Å². The summed E-state index contributed by atoms with van der Waals surface area (Å²) in [5.41, 5.74) is -0.0378. The molecule has 4 fully saturated rings. The Morgan fingerprint density at radius 2 is 1.58 bits per heavy atom. The highest BCUT2D eigenvalue weighted by molar-refractivity contribution is 5.72. The van der Waals surface area contributed by atoms with Crippen LogP contribution in [-0.2, 0) is 28.6 Å². The van der Waals surface area contributed by atoms with Gasteiger partial charge in [-0.15, -0.1) is 0 Å². The highest BCUT2D eigenvalue weighted by Gasteiger charge is 2.65. The summed E-state index contributed by atoms with van der Waals surface area (Å²) in [5, 5.41) is 0. The highest BCUT2D eigenvalue weighted by Crippen LogP contribution is 2.68. The Balaban J connectivity index is 1.64. The van der Waals surface area contributed by atoms with Crippen LogP contribution in [0.1, 0.15) is 86.0 Å². The minimum Gasteiger partial charge on any atom is -0.469 e. The van der Waals surface area contributed by atoms with Crippen LogP contribution in [0.25, 0.3) is 0 Å². The molecule has 0 bridgehead atoms. The van der Waals surface area contributed by atoms with E-state index >= 15 is 0 Å². The molecule has 0 radical (unpaired) electrons. The summed E-state index contributed by atoms with van der Waals surface area (Å²) in [5.74, 6) is 1.43. The number of rotatable bonds is 4. The van der Waals surface area contributed by atoms with Crippen molar-refractivity contribution in [3.8, 4) is 0 Å². The lowest BCUT2D eigenvalue weighted by atomic mass is 9.43. The van der Waals surface area contributed by atoms with E-state index in [4.69, 9.17) is 14.2 Å². The van der Waals surface area contributed by atoms with Crippen molar-refractivity contribution in [3.05, 3.63) is 0 Å². The molecule has 4 aliphatic carbocycles. The molecule has 0 aromatic carbocycles. The molecule has 33 heavy (non-hydrogen) atoms. The van der Waals surface area contributed by atoms with Gasteiger partial charge >= 0.3 is 17.9 Å². The molecule has 10 atom stereocenters. The Kier molecular flexibility index (Phi) is 6.60. The lowest BCUT2D eigenvalue weighted by Crippen LogP contribution is -2.60. The Hall–Kier alpha value is -1.59. The van der Waals surface area contributed by atoms with Gasteiger partial charge in [0.15, 0.2) is 0 Å². The molecule has 0 unspecified atom stereocenters. The van der Waals surface area contributed by atoms with Crippen molar-refractivity contribution in [2.45, 2.75) is 98.2 Å². The Morgan fingerprint density at radius 3 is 2.21 bits per heavy atom. The maximum atomic E-state index is 12.5. The molecule has 0 saturated heterocycles. The fraction of sp³-hybridized carbons (Fsp3) is 0.889. The van der Waals surface area contributed by atoms with Gasteiger partial charge in [-0.05, 0) is 86.4 Å². The maximum absolute atomic E-state index is 12.5. The standard InChI is InChI=1S/C27H42O6/c1-15(25(30)31-6)21-9-10-22-20-8-7-18-13-19(32-16(2)28)11-12-26(18,4)23(20)14-24(27(21,22)5)33-17(3)29/h15,18-24H,7-14H2,1-6H3/t15-,18+,19+,20-,21-,22+,23+,24-,26-,27+/m0/s1. The van der Waals surface area contributed by atoms with Gasteiger partial charge in [0.25, 0.3) is 0 Å². The van der Waals surface area contributed by atoms with E-state index in [-0.39, 0.29) is 52.8 Å². The number of esters is 3. The van der Waals surface area contributed by atoms with Crippen LogP contribution in [0.4, 0.5) is 0 Å². The second-order valence-electron chi connectivity index (χ2n) is 11.9. The van der Waals surface area contributed by atoms with Crippen molar-refractivity contribution in [1.29, 1.82) is 0 Å². The van der Waals surface area contributed by atoms with E-state index in [9.17, 15) is 14.4 Å². The summed E-state index contributed by atoms with van der Waals surface area (Å²) in [6.07, 6.45) is 8.03. The SMILES string of the molecule is COC(=O)[C@@H](C)[C@@H]1CC[C@@H]2[C@@H]3CC[C@@H]4C[C@H](OC(C)=O)CC[C@]4(C)[C@@H]3C[C@H](OC(C)=O)[C@@]21C. The van der Waals surface area contributed by atoms with Gasteiger partial charge in [-0.25, -0.2) is 0 Å². The molecule has 0 amide bonds. The number of hydrogen-bond donors (Lipinski definition) is 0. The molecule has 4 rings (SSSR count). The Morgan fingerprint density at radius 1 is 0.879 bits per heavy atom. The smallest absolute Gasteiger partial charge is 0.308 e. The van der Waals surface area contributed by atoms with Crippen molar-refractivity contribution in [2.75, 3.05) is 7.11 Å². The second kappa shape index (κ2) is 8.88. The second-order valence-corrected chi connectivity index (χ2v) is 11.9. The summed E-state index contributed by atoms with van der Waals surface area (Å²) < 4.78 is 16.8. The lowest BCUT2D eigenvalue weighted by Gasteiger charge is -2.62. The van der Waals surface area contributed by atoms with Crippen molar-refractivity contribution < 1.29 is 28.6 Å². The Labute approximate surface area is 198 Å². The van der Waals surface area contributed by atoms with E-state index in [2.05, 4.69) is 13.8 Å². The molecule has 0 aliphatic heterocycles. The van der Waals surface area contributed by atoms with Crippen molar-refractivity contribution >= 4 is 17.9 Å². The van der Waals surface area contributed by atoms with Crippen LogP contribution >= 0.6 is 0 Å². The molecule has 6 heteroatoms. The van der Waals surface area contributed by atoms with Gasteiger partial charge in [0.2, 0.25) is 0 Å². The first-order valence-electron chi connectivity index (χ1n) is 12.9. The monoisotopic (exact) mass is 462 g/mol. The first kappa shape index (κ1) is 24.5. The number of carbonyl (C=O) groups excluding carboxylic acids is 3. The number of carbonyl (C=O) groups is 3. The molecule has 6 nitrogen and oxygen atoms in total. The third kappa shape index (κ3) is 3.99. The molecular weight excluding hydrogens is 420 g/mol. The molecule has 0 heterocycles. The molecule has 4 aliphatic rings. The van der Waals surface area contributed by atoms with Crippen molar-refractivity contribution in [3.63, 3.8) is 0 Å². The predicted octanol–water partition coefficient (Wildman–Crippen LogP) is 4.93. The lowest BCUT2D eigenvalue weighted by molar-refractivity contribution is -0.198. The van der Waals surface area contributed by atoms with E-state index in [0.29, 0.717) is 23.7 Å². The molecule has 4 saturated carbocycles.